The van der Waals surface area contributed by atoms with Crippen molar-refractivity contribution in [1.82, 2.24) is 15.2 Å². The van der Waals surface area contributed by atoms with Gasteiger partial charge in [0.2, 0.25) is 0 Å². The molecule has 2 N–H and O–H groups in total. The topological polar surface area (TPSA) is 74.3 Å². The Labute approximate surface area is 159 Å². The van der Waals surface area contributed by atoms with Crippen molar-refractivity contribution >= 4 is 17.6 Å². The van der Waals surface area contributed by atoms with Crippen molar-refractivity contribution in [3.05, 3.63) is 59.9 Å². The quantitative estimate of drug-likeness (QED) is 0.820. The number of amides is 3. The number of pyridine rings is 1. The summed E-state index contributed by atoms with van der Waals surface area (Å²) in [5.74, 6) is 0.00429. The molecule has 1 atom stereocenters. The molecule has 0 aliphatic heterocycles. The van der Waals surface area contributed by atoms with E-state index in [9.17, 15) is 9.59 Å². The van der Waals surface area contributed by atoms with Crippen LogP contribution < -0.4 is 10.6 Å². The van der Waals surface area contributed by atoms with E-state index in [4.69, 9.17) is 0 Å². The van der Waals surface area contributed by atoms with Crippen LogP contribution in [0.2, 0.25) is 0 Å². The monoisotopic (exact) mass is 364 g/mol. The fourth-order valence-corrected chi connectivity index (χ4v) is 3.20. The minimum atomic E-state index is -0.194. The molecule has 1 aromatic heterocycles. The lowest BCUT2D eigenvalue weighted by molar-refractivity contribution is 0.0670. The zero-order valence-corrected chi connectivity index (χ0v) is 15.4. The Kier molecular flexibility index (Phi) is 4.79. The van der Waals surface area contributed by atoms with Gasteiger partial charge in [-0.2, -0.15) is 0 Å². The van der Waals surface area contributed by atoms with Gasteiger partial charge in [0.15, 0.2) is 0 Å². The van der Waals surface area contributed by atoms with Crippen molar-refractivity contribution in [3.8, 4) is 0 Å². The second kappa shape index (κ2) is 7.39. The highest BCUT2D eigenvalue weighted by Gasteiger charge is 2.37. The van der Waals surface area contributed by atoms with E-state index in [2.05, 4.69) is 15.6 Å². The Bertz CT molecular complexity index is 814. The molecule has 0 spiro atoms. The van der Waals surface area contributed by atoms with Gasteiger partial charge in [0, 0.05) is 29.5 Å². The number of urea groups is 1. The SMILES string of the molecule is CC(c1ccccn1)N(C(=O)c1ccc(NC(=O)NC2CC2)cc1)C1CC1. The number of aromatic nitrogens is 1. The van der Waals surface area contributed by atoms with Crippen molar-refractivity contribution in [2.45, 2.75) is 50.7 Å². The first-order valence-corrected chi connectivity index (χ1v) is 9.53. The highest BCUT2D eigenvalue weighted by molar-refractivity contribution is 5.96. The predicted molar refractivity (Wildman–Crippen MR) is 103 cm³/mol. The van der Waals surface area contributed by atoms with Crippen LogP contribution in [0.25, 0.3) is 0 Å². The maximum Gasteiger partial charge on any atom is 0.319 e. The van der Waals surface area contributed by atoms with Gasteiger partial charge >= 0.3 is 6.03 Å². The lowest BCUT2D eigenvalue weighted by Crippen LogP contribution is -2.36. The van der Waals surface area contributed by atoms with Gasteiger partial charge in [0.1, 0.15) is 0 Å². The van der Waals surface area contributed by atoms with E-state index in [0.717, 1.165) is 31.4 Å². The molecule has 27 heavy (non-hydrogen) atoms. The van der Waals surface area contributed by atoms with Crippen LogP contribution in [0.3, 0.4) is 0 Å². The van der Waals surface area contributed by atoms with Gasteiger partial charge in [-0.1, -0.05) is 6.07 Å². The van der Waals surface area contributed by atoms with E-state index in [1.165, 1.54) is 0 Å². The second-order valence-corrected chi connectivity index (χ2v) is 7.32. The first kappa shape index (κ1) is 17.5. The Hall–Kier alpha value is -2.89. The first-order valence-electron chi connectivity index (χ1n) is 9.53. The summed E-state index contributed by atoms with van der Waals surface area (Å²) in [6.07, 6.45) is 5.92. The predicted octanol–water partition coefficient (Wildman–Crippen LogP) is 3.73. The Morgan fingerprint density at radius 3 is 2.41 bits per heavy atom. The van der Waals surface area contributed by atoms with Crippen molar-refractivity contribution < 1.29 is 9.59 Å². The summed E-state index contributed by atoms with van der Waals surface area (Å²) < 4.78 is 0. The van der Waals surface area contributed by atoms with Gasteiger partial charge in [0.05, 0.1) is 11.7 Å². The van der Waals surface area contributed by atoms with E-state index in [1.807, 2.05) is 30.0 Å². The van der Waals surface area contributed by atoms with Crippen molar-refractivity contribution in [1.29, 1.82) is 0 Å². The summed E-state index contributed by atoms with van der Waals surface area (Å²) in [7, 11) is 0. The van der Waals surface area contributed by atoms with Gasteiger partial charge in [-0.25, -0.2) is 4.79 Å². The molecule has 2 saturated carbocycles. The Morgan fingerprint density at radius 2 is 1.81 bits per heavy atom. The van der Waals surface area contributed by atoms with Crippen LogP contribution in [-0.2, 0) is 0 Å². The molecule has 1 aromatic carbocycles. The minimum absolute atomic E-state index is 0.00429. The normalized spacial score (nSPS) is 17.1. The zero-order chi connectivity index (χ0) is 18.8. The molecule has 2 aliphatic rings. The summed E-state index contributed by atoms with van der Waals surface area (Å²) in [4.78, 5) is 31.3. The fourth-order valence-electron chi connectivity index (χ4n) is 3.20. The Balaban J connectivity index is 1.45. The zero-order valence-electron chi connectivity index (χ0n) is 15.4. The maximum absolute atomic E-state index is 13.1. The van der Waals surface area contributed by atoms with E-state index < -0.39 is 0 Å². The van der Waals surface area contributed by atoms with Crippen LogP contribution in [-0.4, -0.2) is 33.9 Å². The lowest BCUT2D eigenvalue weighted by Gasteiger charge is -2.29. The molecule has 2 fully saturated rings. The summed E-state index contributed by atoms with van der Waals surface area (Å²) in [6.45, 7) is 2.02. The second-order valence-electron chi connectivity index (χ2n) is 7.32. The number of nitrogens with one attached hydrogen (secondary N) is 2. The van der Waals surface area contributed by atoms with Gasteiger partial charge < -0.3 is 15.5 Å². The van der Waals surface area contributed by atoms with Gasteiger partial charge in [-0.3, -0.25) is 9.78 Å². The average Bonchev–Trinajstić information content (AvgIpc) is 3.59. The lowest BCUT2D eigenvalue weighted by atomic mass is 10.1. The molecule has 0 bridgehead atoms. The third-order valence-corrected chi connectivity index (χ3v) is 5.01. The van der Waals surface area contributed by atoms with Crippen molar-refractivity contribution in [3.63, 3.8) is 0 Å². The summed E-state index contributed by atoms with van der Waals surface area (Å²) >= 11 is 0. The molecule has 0 saturated heterocycles. The molecule has 0 radical (unpaired) electrons. The summed E-state index contributed by atoms with van der Waals surface area (Å²) in [6, 6.07) is 13.2. The number of carbonyl (C=O) groups is 2. The standard InChI is InChI=1S/C21H24N4O2/c1-14(19-4-2-3-13-22-19)25(18-11-12-18)20(26)15-5-7-16(8-6-15)23-21(27)24-17-9-10-17/h2-8,13-14,17-18H,9-12H2,1H3,(H2,23,24,27). The molecular formula is C21H24N4O2. The maximum atomic E-state index is 13.1. The van der Waals surface area contributed by atoms with Gasteiger partial charge in [-0.15, -0.1) is 0 Å². The largest absolute Gasteiger partial charge is 0.335 e. The number of hydrogen-bond donors (Lipinski definition) is 2. The molecule has 6 heteroatoms. The number of hydrogen-bond acceptors (Lipinski definition) is 3. The summed E-state index contributed by atoms with van der Waals surface area (Å²) in [5.41, 5.74) is 2.20. The van der Waals surface area contributed by atoms with Crippen LogP contribution in [0.4, 0.5) is 10.5 Å². The third kappa shape index (κ3) is 4.27. The van der Waals surface area contributed by atoms with E-state index in [-0.39, 0.29) is 24.0 Å². The molecule has 6 nitrogen and oxygen atoms in total. The molecule has 1 heterocycles. The number of anilines is 1. The number of carbonyl (C=O) groups excluding carboxylic acids is 2. The number of nitrogens with zero attached hydrogens (tertiary/aromatic N) is 2. The Morgan fingerprint density at radius 1 is 1.07 bits per heavy atom. The minimum Gasteiger partial charge on any atom is -0.335 e. The molecule has 2 aliphatic carbocycles. The van der Waals surface area contributed by atoms with E-state index in [1.54, 1.807) is 30.5 Å². The van der Waals surface area contributed by atoms with Crippen LogP contribution in [0.1, 0.15) is 54.7 Å². The van der Waals surface area contributed by atoms with Crippen LogP contribution in [0.15, 0.2) is 48.7 Å². The highest BCUT2D eigenvalue weighted by atomic mass is 16.2. The van der Waals surface area contributed by atoms with Gasteiger partial charge in [0.25, 0.3) is 5.91 Å². The highest BCUT2D eigenvalue weighted by Crippen LogP contribution is 2.35. The van der Waals surface area contributed by atoms with Crippen LogP contribution in [0.5, 0.6) is 0 Å². The number of rotatable bonds is 6. The van der Waals surface area contributed by atoms with Gasteiger partial charge in [-0.05, 0) is 69.0 Å². The molecule has 3 amide bonds. The van der Waals surface area contributed by atoms with Crippen LogP contribution >= 0.6 is 0 Å². The molecular weight excluding hydrogens is 340 g/mol. The van der Waals surface area contributed by atoms with Crippen LogP contribution in [0, 0.1) is 0 Å². The molecule has 4 rings (SSSR count). The molecule has 1 unspecified atom stereocenters. The van der Waals surface area contributed by atoms with Crippen molar-refractivity contribution in [2.75, 3.05) is 5.32 Å². The number of benzene rings is 1. The first-order chi connectivity index (χ1) is 13.1. The van der Waals surface area contributed by atoms with E-state index in [0.29, 0.717) is 17.3 Å². The average molecular weight is 364 g/mol. The molecule has 2 aromatic rings. The fraction of sp³-hybridized carbons (Fsp3) is 0.381. The summed E-state index contributed by atoms with van der Waals surface area (Å²) in [5, 5.41) is 5.69. The third-order valence-electron chi connectivity index (χ3n) is 5.01. The van der Waals surface area contributed by atoms with E-state index >= 15 is 0 Å². The smallest absolute Gasteiger partial charge is 0.319 e. The van der Waals surface area contributed by atoms with Crippen molar-refractivity contribution in [2.24, 2.45) is 0 Å². The molecule has 140 valence electrons.